The zero-order valence-corrected chi connectivity index (χ0v) is 11.6. The Morgan fingerprint density at radius 1 is 1.14 bits per heavy atom. The smallest absolute Gasteiger partial charge is 1.00 e. The summed E-state index contributed by atoms with van der Waals surface area (Å²) in [4.78, 5) is 10.3. The van der Waals surface area contributed by atoms with Crippen LogP contribution >= 0.6 is 0 Å². The first-order valence-corrected chi connectivity index (χ1v) is 3.00. The van der Waals surface area contributed by atoms with Gasteiger partial charge in [-0.3, -0.25) is 0 Å². The number of hydrogen-bond acceptors (Lipinski definition) is 4. The molecule has 0 aromatic heterocycles. The van der Waals surface area contributed by atoms with Crippen LogP contribution in [0.4, 0.5) is 0 Å². The fourth-order valence-electron chi connectivity index (χ4n) is 0.728. The van der Waals surface area contributed by atoms with Crippen LogP contribution in [0.1, 0.15) is 13.2 Å². The third kappa shape index (κ3) is 3.32. The van der Waals surface area contributed by atoms with Gasteiger partial charge < -0.3 is 23.3 Å². The number of phenols is 3. The van der Waals surface area contributed by atoms with Gasteiger partial charge in [0, 0.05) is 19.5 Å². The summed E-state index contributed by atoms with van der Waals surface area (Å²) < 4.78 is 0. The monoisotopic (exact) mass is 260 g/mol. The summed E-state index contributed by atoms with van der Waals surface area (Å²) in [7, 11) is 0. The van der Waals surface area contributed by atoms with E-state index in [9.17, 15) is 4.79 Å². The van der Waals surface area contributed by atoms with Crippen LogP contribution in [0.15, 0.2) is 12.1 Å². The van der Waals surface area contributed by atoms with Gasteiger partial charge in [0.15, 0.2) is 17.2 Å². The van der Waals surface area contributed by atoms with Crippen molar-refractivity contribution in [3.8, 4) is 17.2 Å². The van der Waals surface area contributed by atoms with Crippen molar-refractivity contribution in [1.82, 2.24) is 0 Å². The van der Waals surface area contributed by atoms with Gasteiger partial charge in [-0.05, 0) is 12.1 Å². The maximum atomic E-state index is 10.3. The predicted octanol–water partition coefficient (Wildman–Crippen LogP) is 0.343. The molecule has 0 spiro atoms. The van der Waals surface area contributed by atoms with Gasteiger partial charge in [0.05, 0.1) is 5.56 Å². The molecule has 0 unspecified atom stereocenters. The maximum absolute atomic E-state index is 10.3. The van der Waals surface area contributed by atoms with Crippen LogP contribution in [0.2, 0.25) is 0 Å². The SMILES string of the molecule is O=C(O)c1cc(O)c(O)c(O)c1.[H-].[H-].[Mg+2].[Zn]. The molecule has 0 bridgehead atoms. The van der Waals surface area contributed by atoms with E-state index in [1.807, 2.05) is 0 Å². The normalized spacial score (nSPS) is 8.29. The molecule has 1 rings (SSSR count). The van der Waals surface area contributed by atoms with Crippen LogP contribution in [0.5, 0.6) is 17.2 Å². The number of benzene rings is 1. The largest absolute Gasteiger partial charge is 2.00 e. The quantitative estimate of drug-likeness (QED) is 0.432. The van der Waals surface area contributed by atoms with E-state index in [0.29, 0.717) is 0 Å². The number of carbonyl (C=O) groups is 1. The molecule has 0 heterocycles. The molecule has 70 valence electrons. The fourth-order valence-corrected chi connectivity index (χ4v) is 0.728. The van der Waals surface area contributed by atoms with E-state index in [0.717, 1.165) is 12.1 Å². The molecule has 0 aliphatic rings. The Hall–Kier alpha value is -0.520. The molecule has 0 radical (unpaired) electrons. The van der Waals surface area contributed by atoms with Gasteiger partial charge in [-0.1, -0.05) is 0 Å². The first-order valence-electron chi connectivity index (χ1n) is 3.00. The van der Waals surface area contributed by atoms with Crippen molar-refractivity contribution in [2.24, 2.45) is 0 Å². The average molecular weight is 262 g/mol. The zero-order valence-electron chi connectivity index (χ0n) is 9.27. The topological polar surface area (TPSA) is 98.0 Å². The van der Waals surface area contributed by atoms with Gasteiger partial charge in [0.25, 0.3) is 0 Å². The molecule has 14 heavy (non-hydrogen) atoms. The van der Waals surface area contributed by atoms with Crippen molar-refractivity contribution in [2.75, 3.05) is 0 Å². The Bertz CT molecular complexity index is 327. The molecule has 0 aliphatic heterocycles. The molecule has 0 fully saturated rings. The Morgan fingerprint density at radius 2 is 1.50 bits per heavy atom. The molecule has 0 amide bonds. The van der Waals surface area contributed by atoms with Crippen LogP contribution in [-0.2, 0) is 19.5 Å². The minimum absolute atomic E-state index is 0. The Labute approximate surface area is 111 Å². The van der Waals surface area contributed by atoms with Crippen molar-refractivity contribution < 1.29 is 47.6 Å². The third-order valence-electron chi connectivity index (χ3n) is 1.32. The summed E-state index contributed by atoms with van der Waals surface area (Å²) in [5.74, 6) is -3.33. The second kappa shape index (κ2) is 6.06. The summed E-state index contributed by atoms with van der Waals surface area (Å²) in [5.41, 5.74) is -0.289. The average Bonchev–Trinajstić information content (AvgIpc) is 1.99. The minimum atomic E-state index is -1.29. The van der Waals surface area contributed by atoms with Crippen molar-refractivity contribution in [1.29, 1.82) is 0 Å². The van der Waals surface area contributed by atoms with E-state index < -0.39 is 23.2 Å². The van der Waals surface area contributed by atoms with Crippen molar-refractivity contribution in [2.45, 2.75) is 0 Å². The minimum Gasteiger partial charge on any atom is -1.00 e. The summed E-state index contributed by atoms with van der Waals surface area (Å²) >= 11 is 0. The second-order valence-electron chi connectivity index (χ2n) is 2.17. The number of rotatable bonds is 1. The van der Waals surface area contributed by atoms with Gasteiger partial charge in [0.2, 0.25) is 0 Å². The van der Waals surface area contributed by atoms with Crippen LogP contribution in [-0.4, -0.2) is 49.4 Å². The number of carboxylic acids is 1. The molecule has 1 aromatic carbocycles. The molecule has 0 saturated carbocycles. The number of phenolic OH excluding ortho intramolecular Hbond substituents is 3. The number of aromatic hydroxyl groups is 3. The molecule has 0 saturated heterocycles. The predicted molar refractivity (Wildman–Crippen MR) is 46.4 cm³/mol. The second-order valence-corrected chi connectivity index (χ2v) is 2.17. The summed E-state index contributed by atoms with van der Waals surface area (Å²) in [6, 6.07) is 1.69. The maximum Gasteiger partial charge on any atom is 2.00 e. The van der Waals surface area contributed by atoms with E-state index >= 15 is 0 Å². The summed E-state index contributed by atoms with van der Waals surface area (Å²) in [6.07, 6.45) is 0. The Balaban J connectivity index is -0.000000180. The van der Waals surface area contributed by atoms with Gasteiger partial charge in [-0.25, -0.2) is 4.79 Å². The number of hydrogen-bond donors (Lipinski definition) is 4. The van der Waals surface area contributed by atoms with E-state index in [1.54, 1.807) is 0 Å². The van der Waals surface area contributed by atoms with Crippen LogP contribution in [0.3, 0.4) is 0 Å². The number of carboxylic acid groups (broad SMARTS) is 1. The van der Waals surface area contributed by atoms with E-state index in [-0.39, 0.29) is 50.9 Å². The molecule has 7 heteroatoms. The van der Waals surface area contributed by atoms with E-state index in [2.05, 4.69) is 0 Å². The molecule has 1 aromatic rings. The van der Waals surface area contributed by atoms with Gasteiger partial charge in [-0.15, -0.1) is 0 Å². The van der Waals surface area contributed by atoms with E-state index in [1.165, 1.54) is 0 Å². The van der Waals surface area contributed by atoms with Gasteiger partial charge in [0.1, 0.15) is 0 Å². The van der Waals surface area contributed by atoms with Crippen molar-refractivity contribution >= 4 is 29.0 Å². The van der Waals surface area contributed by atoms with Gasteiger partial charge in [-0.2, -0.15) is 0 Å². The Kier molecular flexibility index (Phi) is 6.89. The third-order valence-corrected chi connectivity index (χ3v) is 1.32. The molecule has 0 aliphatic carbocycles. The van der Waals surface area contributed by atoms with E-state index in [4.69, 9.17) is 20.4 Å². The Morgan fingerprint density at radius 3 is 1.79 bits per heavy atom. The molecular weight excluding hydrogens is 254 g/mol. The summed E-state index contributed by atoms with van der Waals surface area (Å²) in [5, 5.41) is 35.0. The first-order chi connectivity index (χ1) is 5.52. The zero-order chi connectivity index (χ0) is 9.30. The van der Waals surface area contributed by atoms with Crippen molar-refractivity contribution in [3.05, 3.63) is 17.7 Å². The fraction of sp³-hybridized carbons (Fsp3) is 0. The molecular formula is C7H8MgO5Zn. The number of aromatic carboxylic acids is 1. The summed E-state index contributed by atoms with van der Waals surface area (Å²) in [6.45, 7) is 0. The van der Waals surface area contributed by atoms with Crippen LogP contribution in [0, 0.1) is 0 Å². The van der Waals surface area contributed by atoms with Crippen LogP contribution < -0.4 is 0 Å². The standard InChI is InChI=1S/C7H6O5.Mg.Zn.2H/c8-4-1-3(7(11)12)2-5(9)6(4)10;;;;/h1-2,8-10H,(H,11,12);;;;/q;+2;;2*-1. The van der Waals surface area contributed by atoms with Crippen molar-refractivity contribution in [3.63, 3.8) is 0 Å². The molecule has 4 N–H and O–H groups in total. The van der Waals surface area contributed by atoms with Gasteiger partial charge >= 0.3 is 29.0 Å². The van der Waals surface area contributed by atoms with Crippen LogP contribution in [0.25, 0.3) is 0 Å². The molecule has 5 nitrogen and oxygen atoms in total. The first kappa shape index (κ1) is 15.9. The molecule has 0 atom stereocenters.